The molecule has 1 saturated carbocycles. The van der Waals surface area contributed by atoms with Gasteiger partial charge in [-0.15, -0.1) is 0 Å². The second kappa shape index (κ2) is 6.39. The minimum absolute atomic E-state index is 0.0561. The van der Waals surface area contributed by atoms with Gasteiger partial charge in [0.05, 0.1) is 18.1 Å². The van der Waals surface area contributed by atoms with E-state index in [4.69, 9.17) is 0 Å². The van der Waals surface area contributed by atoms with Crippen molar-refractivity contribution < 1.29 is 18.0 Å². The van der Waals surface area contributed by atoms with Crippen molar-refractivity contribution in [1.29, 1.82) is 0 Å². The van der Waals surface area contributed by atoms with Crippen molar-refractivity contribution in [3.63, 3.8) is 0 Å². The first-order chi connectivity index (χ1) is 10.8. The number of carbonyl (C=O) groups is 2. The smallest absolute Gasteiger partial charge is 0.234 e. The van der Waals surface area contributed by atoms with Crippen LogP contribution in [0.25, 0.3) is 0 Å². The first kappa shape index (κ1) is 16.7. The lowest BCUT2D eigenvalue weighted by molar-refractivity contribution is -0.134. The second-order valence-electron chi connectivity index (χ2n) is 7.09. The van der Waals surface area contributed by atoms with E-state index in [1.54, 1.807) is 0 Å². The van der Waals surface area contributed by atoms with Crippen LogP contribution in [0.2, 0.25) is 0 Å². The van der Waals surface area contributed by atoms with Gasteiger partial charge in [0.15, 0.2) is 9.84 Å². The Balaban J connectivity index is 1.38. The largest absolute Gasteiger partial charge is 0.351 e. The zero-order chi connectivity index (χ0) is 16.6. The SMILES string of the molecule is CC1CC1C(=O)N1CCN(CC(=O)NC2CCS(=O)(=O)C2)CC1. The molecule has 3 rings (SSSR count). The monoisotopic (exact) mass is 343 g/mol. The van der Waals surface area contributed by atoms with Crippen LogP contribution in [-0.2, 0) is 19.4 Å². The third-order valence-electron chi connectivity index (χ3n) is 5.08. The maximum atomic E-state index is 12.2. The lowest BCUT2D eigenvalue weighted by Crippen LogP contribution is -2.52. The molecule has 1 aliphatic carbocycles. The van der Waals surface area contributed by atoms with Crippen LogP contribution < -0.4 is 5.32 Å². The first-order valence-electron chi connectivity index (χ1n) is 8.35. The quantitative estimate of drug-likeness (QED) is 0.714. The van der Waals surface area contributed by atoms with E-state index < -0.39 is 9.84 Å². The van der Waals surface area contributed by atoms with Gasteiger partial charge in [0.2, 0.25) is 11.8 Å². The molecule has 3 fully saturated rings. The van der Waals surface area contributed by atoms with Gasteiger partial charge in [0.25, 0.3) is 0 Å². The fourth-order valence-corrected chi connectivity index (χ4v) is 5.09. The van der Waals surface area contributed by atoms with Crippen LogP contribution >= 0.6 is 0 Å². The van der Waals surface area contributed by atoms with Crippen molar-refractivity contribution in [2.45, 2.75) is 25.8 Å². The number of nitrogens with one attached hydrogen (secondary N) is 1. The lowest BCUT2D eigenvalue weighted by Gasteiger charge is -2.34. The van der Waals surface area contributed by atoms with E-state index in [9.17, 15) is 18.0 Å². The Kier molecular flexibility index (Phi) is 4.64. The van der Waals surface area contributed by atoms with E-state index in [1.165, 1.54) is 0 Å². The maximum Gasteiger partial charge on any atom is 0.234 e. The minimum atomic E-state index is -2.97. The maximum absolute atomic E-state index is 12.2. The average Bonchev–Trinajstić information content (AvgIpc) is 3.12. The molecule has 23 heavy (non-hydrogen) atoms. The molecular formula is C15H25N3O4S. The molecular weight excluding hydrogens is 318 g/mol. The molecule has 2 saturated heterocycles. The molecule has 7 nitrogen and oxygen atoms in total. The summed E-state index contributed by atoms with van der Waals surface area (Å²) in [5, 5.41) is 2.81. The molecule has 8 heteroatoms. The molecule has 2 aliphatic heterocycles. The molecule has 3 unspecified atom stereocenters. The summed E-state index contributed by atoms with van der Waals surface area (Å²) in [6.07, 6.45) is 1.52. The summed E-state index contributed by atoms with van der Waals surface area (Å²) in [6, 6.07) is -0.244. The van der Waals surface area contributed by atoms with Crippen LogP contribution in [0.5, 0.6) is 0 Å². The fourth-order valence-electron chi connectivity index (χ4n) is 3.41. The summed E-state index contributed by atoms with van der Waals surface area (Å²) < 4.78 is 22.8. The Labute approximate surface area is 137 Å². The van der Waals surface area contributed by atoms with E-state index in [2.05, 4.69) is 12.2 Å². The van der Waals surface area contributed by atoms with Crippen molar-refractivity contribution in [2.75, 3.05) is 44.2 Å². The summed E-state index contributed by atoms with van der Waals surface area (Å²) in [4.78, 5) is 28.1. The van der Waals surface area contributed by atoms with E-state index in [0.717, 1.165) is 6.42 Å². The lowest BCUT2D eigenvalue weighted by atomic mass is 10.2. The zero-order valence-electron chi connectivity index (χ0n) is 13.5. The number of sulfone groups is 1. The Morgan fingerprint density at radius 3 is 2.35 bits per heavy atom. The van der Waals surface area contributed by atoms with Gasteiger partial charge >= 0.3 is 0 Å². The number of piperazine rings is 1. The van der Waals surface area contributed by atoms with Gasteiger partial charge in [0, 0.05) is 38.1 Å². The third kappa shape index (κ3) is 4.23. The zero-order valence-corrected chi connectivity index (χ0v) is 14.3. The summed E-state index contributed by atoms with van der Waals surface area (Å²) >= 11 is 0. The van der Waals surface area contributed by atoms with Gasteiger partial charge < -0.3 is 10.2 Å². The molecule has 0 bridgehead atoms. The summed E-state index contributed by atoms with van der Waals surface area (Å²) in [7, 11) is -2.97. The van der Waals surface area contributed by atoms with Gasteiger partial charge in [-0.25, -0.2) is 8.42 Å². The Hall–Kier alpha value is -1.15. The van der Waals surface area contributed by atoms with Crippen molar-refractivity contribution >= 4 is 21.7 Å². The highest BCUT2D eigenvalue weighted by Crippen LogP contribution is 2.39. The van der Waals surface area contributed by atoms with Crippen LogP contribution in [-0.4, -0.2) is 80.3 Å². The molecule has 2 heterocycles. The van der Waals surface area contributed by atoms with Crippen molar-refractivity contribution in [2.24, 2.45) is 11.8 Å². The molecule has 3 atom stereocenters. The third-order valence-corrected chi connectivity index (χ3v) is 6.84. The Bertz CT molecular complexity index is 584. The Morgan fingerprint density at radius 2 is 1.83 bits per heavy atom. The van der Waals surface area contributed by atoms with Gasteiger partial charge in [-0.3, -0.25) is 14.5 Å². The van der Waals surface area contributed by atoms with Gasteiger partial charge in [0.1, 0.15) is 0 Å². The highest BCUT2D eigenvalue weighted by atomic mass is 32.2. The van der Waals surface area contributed by atoms with E-state index in [-0.39, 0.29) is 41.8 Å². The fraction of sp³-hybridized carbons (Fsp3) is 0.867. The standard InChI is InChI=1S/C15H25N3O4S/c1-11-8-13(11)15(20)18-5-3-17(4-6-18)9-14(19)16-12-2-7-23(21,22)10-12/h11-13H,2-10H2,1H3,(H,16,19). The van der Waals surface area contributed by atoms with Crippen molar-refractivity contribution in [1.82, 2.24) is 15.1 Å². The number of carbonyl (C=O) groups excluding carboxylic acids is 2. The van der Waals surface area contributed by atoms with E-state index >= 15 is 0 Å². The molecule has 0 radical (unpaired) electrons. The normalized spacial score (nSPS) is 33.4. The van der Waals surface area contributed by atoms with Crippen LogP contribution in [0, 0.1) is 11.8 Å². The van der Waals surface area contributed by atoms with Gasteiger partial charge in [-0.1, -0.05) is 6.92 Å². The highest BCUT2D eigenvalue weighted by molar-refractivity contribution is 7.91. The highest BCUT2D eigenvalue weighted by Gasteiger charge is 2.42. The van der Waals surface area contributed by atoms with E-state index in [1.807, 2.05) is 9.80 Å². The number of amides is 2. The number of nitrogens with zero attached hydrogens (tertiary/aromatic N) is 2. The van der Waals surface area contributed by atoms with Crippen LogP contribution in [0.4, 0.5) is 0 Å². The summed E-state index contributed by atoms with van der Waals surface area (Å²) in [5.41, 5.74) is 0. The number of rotatable bonds is 4. The molecule has 0 spiro atoms. The molecule has 0 aromatic heterocycles. The average molecular weight is 343 g/mol. The molecule has 130 valence electrons. The summed E-state index contributed by atoms with van der Waals surface area (Å²) in [5.74, 6) is 1.10. The van der Waals surface area contributed by atoms with Crippen LogP contribution in [0.1, 0.15) is 19.8 Å². The van der Waals surface area contributed by atoms with E-state index in [0.29, 0.717) is 38.5 Å². The molecule has 0 aromatic rings. The molecule has 0 aromatic carbocycles. The van der Waals surface area contributed by atoms with Gasteiger partial charge in [-0.05, 0) is 18.8 Å². The van der Waals surface area contributed by atoms with Crippen LogP contribution in [0.3, 0.4) is 0 Å². The molecule has 2 amide bonds. The van der Waals surface area contributed by atoms with Crippen molar-refractivity contribution in [3.8, 4) is 0 Å². The predicted molar refractivity (Wildman–Crippen MR) is 85.5 cm³/mol. The minimum Gasteiger partial charge on any atom is -0.351 e. The second-order valence-corrected chi connectivity index (χ2v) is 9.32. The van der Waals surface area contributed by atoms with Gasteiger partial charge in [-0.2, -0.15) is 0 Å². The van der Waals surface area contributed by atoms with Crippen LogP contribution in [0.15, 0.2) is 0 Å². The predicted octanol–water partition coefficient (Wildman–Crippen LogP) is -0.910. The number of hydrogen-bond acceptors (Lipinski definition) is 5. The van der Waals surface area contributed by atoms with Crippen molar-refractivity contribution in [3.05, 3.63) is 0 Å². The summed E-state index contributed by atoms with van der Waals surface area (Å²) in [6.45, 7) is 5.12. The topological polar surface area (TPSA) is 86.8 Å². The molecule has 1 N–H and O–H groups in total. The first-order valence-corrected chi connectivity index (χ1v) is 10.2. The number of hydrogen-bond donors (Lipinski definition) is 1. The molecule has 3 aliphatic rings. The Morgan fingerprint density at radius 1 is 1.17 bits per heavy atom.